The van der Waals surface area contributed by atoms with Crippen molar-refractivity contribution in [3.05, 3.63) is 23.8 Å². The smallest absolute Gasteiger partial charge is 0.161 e. The van der Waals surface area contributed by atoms with Crippen molar-refractivity contribution in [3.63, 3.8) is 0 Å². The molecule has 1 saturated carbocycles. The molecular formula is C12H17NO3. The summed E-state index contributed by atoms with van der Waals surface area (Å²) >= 11 is 0. The van der Waals surface area contributed by atoms with E-state index in [2.05, 4.69) is 5.48 Å². The average molecular weight is 223 g/mol. The van der Waals surface area contributed by atoms with Gasteiger partial charge in [-0.3, -0.25) is 0 Å². The molecule has 0 saturated heterocycles. The molecule has 1 aliphatic rings. The third-order valence-corrected chi connectivity index (χ3v) is 2.68. The Morgan fingerprint density at radius 2 is 2.19 bits per heavy atom. The summed E-state index contributed by atoms with van der Waals surface area (Å²) in [5, 5.41) is 8.61. The summed E-state index contributed by atoms with van der Waals surface area (Å²) in [4.78, 5) is 0. The Hall–Kier alpha value is -1.26. The summed E-state index contributed by atoms with van der Waals surface area (Å²) in [6, 6.07) is 5.66. The number of hydrogen-bond donors (Lipinski definition) is 2. The monoisotopic (exact) mass is 223 g/mol. The molecule has 1 aromatic carbocycles. The van der Waals surface area contributed by atoms with Gasteiger partial charge in [0.2, 0.25) is 0 Å². The first-order valence-electron chi connectivity index (χ1n) is 5.50. The van der Waals surface area contributed by atoms with E-state index in [0.29, 0.717) is 12.3 Å². The number of methoxy groups -OCH3 is 1. The van der Waals surface area contributed by atoms with Crippen molar-refractivity contribution in [2.45, 2.75) is 19.4 Å². The molecule has 0 amide bonds. The summed E-state index contributed by atoms with van der Waals surface area (Å²) in [6.07, 6.45) is 2.55. The van der Waals surface area contributed by atoms with Crippen LogP contribution in [-0.4, -0.2) is 18.9 Å². The van der Waals surface area contributed by atoms with Crippen LogP contribution in [0.3, 0.4) is 0 Å². The zero-order valence-electron chi connectivity index (χ0n) is 9.40. The van der Waals surface area contributed by atoms with Crippen LogP contribution in [0, 0.1) is 5.92 Å². The number of rotatable bonds is 6. The second-order valence-electron chi connectivity index (χ2n) is 4.07. The van der Waals surface area contributed by atoms with Crippen LogP contribution in [0.15, 0.2) is 18.2 Å². The maximum atomic E-state index is 8.61. The highest BCUT2D eigenvalue weighted by Crippen LogP contribution is 2.33. The minimum Gasteiger partial charge on any atom is -0.493 e. The summed E-state index contributed by atoms with van der Waals surface area (Å²) in [7, 11) is 1.62. The van der Waals surface area contributed by atoms with E-state index in [1.807, 2.05) is 18.2 Å². The molecule has 0 heterocycles. The molecule has 1 aliphatic carbocycles. The predicted octanol–water partition coefficient (Wildman–Crippen LogP) is 1.96. The fourth-order valence-corrected chi connectivity index (χ4v) is 1.52. The molecule has 0 aliphatic heterocycles. The van der Waals surface area contributed by atoms with Gasteiger partial charge in [0.15, 0.2) is 11.5 Å². The largest absolute Gasteiger partial charge is 0.493 e. The second-order valence-corrected chi connectivity index (χ2v) is 4.07. The van der Waals surface area contributed by atoms with Crippen LogP contribution in [0.2, 0.25) is 0 Å². The first-order valence-corrected chi connectivity index (χ1v) is 5.50. The van der Waals surface area contributed by atoms with Crippen LogP contribution in [0.5, 0.6) is 11.5 Å². The van der Waals surface area contributed by atoms with E-state index in [-0.39, 0.29) is 0 Å². The number of benzene rings is 1. The zero-order chi connectivity index (χ0) is 11.4. The SMILES string of the molecule is COc1cc(CNO)ccc1OCC1CC1. The first kappa shape index (κ1) is 11.2. The fourth-order valence-electron chi connectivity index (χ4n) is 1.52. The molecule has 88 valence electrons. The van der Waals surface area contributed by atoms with Crippen LogP contribution in [0.4, 0.5) is 0 Å². The highest BCUT2D eigenvalue weighted by Gasteiger charge is 2.22. The Morgan fingerprint density at radius 3 is 2.81 bits per heavy atom. The van der Waals surface area contributed by atoms with E-state index in [4.69, 9.17) is 14.7 Å². The van der Waals surface area contributed by atoms with Gasteiger partial charge in [0.05, 0.1) is 13.7 Å². The molecule has 0 spiro atoms. The lowest BCUT2D eigenvalue weighted by molar-refractivity contribution is 0.161. The zero-order valence-corrected chi connectivity index (χ0v) is 9.40. The van der Waals surface area contributed by atoms with Crippen molar-refractivity contribution in [3.8, 4) is 11.5 Å². The Bertz CT molecular complexity index is 350. The standard InChI is InChI=1S/C12H17NO3/c1-15-12-6-10(7-13-14)4-5-11(12)16-8-9-2-3-9/h4-6,9,13-14H,2-3,7-8H2,1H3. The molecule has 16 heavy (non-hydrogen) atoms. The fraction of sp³-hybridized carbons (Fsp3) is 0.500. The van der Waals surface area contributed by atoms with Crippen LogP contribution in [-0.2, 0) is 6.54 Å². The van der Waals surface area contributed by atoms with Gasteiger partial charge in [-0.1, -0.05) is 6.07 Å². The average Bonchev–Trinajstić information content (AvgIpc) is 3.11. The highest BCUT2D eigenvalue weighted by molar-refractivity contribution is 5.42. The lowest BCUT2D eigenvalue weighted by atomic mass is 10.2. The van der Waals surface area contributed by atoms with Crippen molar-refractivity contribution in [2.75, 3.05) is 13.7 Å². The maximum absolute atomic E-state index is 8.61. The lowest BCUT2D eigenvalue weighted by Crippen LogP contribution is -2.07. The summed E-state index contributed by atoms with van der Waals surface area (Å²) in [6.45, 7) is 1.17. The van der Waals surface area contributed by atoms with E-state index in [1.165, 1.54) is 12.8 Å². The normalized spacial score (nSPS) is 14.9. The van der Waals surface area contributed by atoms with Gasteiger partial charge in [0.25, 0.3) is 0 Å². The van der Waals surface area contributed by atoms with E-state index < -0.39 is 0 Å². The minimum atomic E-state index is 0.402. The summed E-state index contributed by atoms with van der Waals surface area (Å²) in [5.41, 5.74) is 3.08. The first-order chi connectivity index (χ1) is 7.83. The lowest BCUT2D eigenvalue weighted by Gasteiger charge is -2.11. The Morgan fingerprint density at radius 1 is 1.38 bits per heavy atom. The van der Waals surface area contributed by atoms with Gasteiger partial charge >= 0.3 is 0 Å². The van der Waals surface area contributed by atoms with Crippen molar-refractivity contribution < 1.29 is 14.7 Å². The topological polar surface area (TPSA) is 50.7 Å². The van der Waals surface area contributed by atoms with Gasteiger partial charge in [-0.25, -0.2) is 5.48 Å². The van der Waals surface area contributed by atoms with E-state index in [9.17, 15) is 0 Å². The van der Waals surface area contributed by atoms with Gasteiger partial charge in [-0.15, -0.1) is 0 Å². The Labute approximate surface area is 95.1 Å². The predicted molar refractivity (Wildman–Crippen MR) is 59.8 cm³/mol. The second kappa shape index (κ2) is 5.18. The van der Waals surface area contributed by atoms with Crippen LogP contribution >= 0.6 is 0 Å². The number of nitrogens with one attached hydrogen (secondary N) is 1. The molecule has 4 heteroatoms. The minimum absolute atomic E-state index is 0.402. The number of ether oxygens (including phenoxy) is 2. The number of hydroxylamine groups is 1. The molecule has 0 aromatic heterocycles. The van der Waals surface area contributed by atoms with Crippen molar-refractivity contribution in [1.29, 1.82) is 0 Å². The third kappa shape index (κ3) is 2.87. The molecule has 2 N–H and O–H groups in total. The van der Waals surface area contributed by atoms with Crippen LogP contribution < -0.4 is 15.0 Å². The van der Waals surface area contributed by atoms with Crippen molar-refractivity contribution >= 4 is 0 Å². The van der Waals surface area contributed by atoms with Gasteiger partial charge in [-0.05, 0) is 36.5 Å². The van der Waals surface area contributed by atoms with Crippen molar-refractivity contribution in [2.24, 2.45) is 5.92 Å². The van der Waals surface area contributed by atoms with Crippen LogP contribution in [0.1, 0.15) is 18.4 Å². The Balaban J connectivity index is 2.03. The highest BCUT2D eigenvalue weighted by atomic mass is 16.5. The summed E-state index contributed by atoms with van der Waals surface area (Å²) in [5.74, 6) is 2.22. The van der Waals surface area contributed by atoms with Crippen LogP contribution in [0.25, 0.3) is 0 Å². The maximum Gasteiger partial charge on any atom is 0.161 e. The van der Waals surface area contributed by atoms with E-state index in [1.54, 1.807) is 7.11 Å². The molecule has 1 aromatic rings. The molecule has 0 bridgehead atoms. The molecule has 0 atom stereocenters. The molecule has 1 fully saturated rings. The summed E-state index contributed by atoms with van der Waals surface area (Å²) < 4.78 is 10.9. The molecule has 0 radical (unpaired) electrons. The molecule has 0 unspecified atom stereocenters. The van der Waals surface area contributed by atoms with E-state index >= 15 is 0 Å². The Kier molecular flexibility index (Phi) is 3.64. The molecular weight excluding hydrogens is 206 g/mol. The molecule has 4 nitrogen and oxygen atoms in total. The molecule has 2 rings (SSSR count). The van der Waals surface area contributed by atoms with Gasteiger partial charge in [0, 0.05) is 6.54 Å². The third-order valence-electron chi connectivity index (χ3n) is 2.68. The van der Waals surface area contributed by atoms with Crippen molar-refractivity contribution in [1.82, 2.24) is 5.48 Å². The van der Waals surface area contributed by atoms with Gasteiger partial charge < -0.3 is 14.7 Å². The van der Waals surface area contributed by atoms with E-state index in [0.717, 1.165) is 23.8 Å². The van der Waals surface area contributed by atoms with Gasteiger partial charge in [0.1, 0.15) is 0 Å². The van der Waals surface area contributed by atoms with Gasteiger partial charge in [-0.2, -0.15) is 0 Å². The quantitative estimate of drug-likeness (QED) is 0.724. The number of hydrogen-bond acceptors (Lipinski definition) is 4.